The fourth-order valence-electron chi connectivity index (χ4n) is 2.78. The van der Waals surface area contributed by atoms with E-state index in [1.807, 2.05) is 0 Å². The monoisotopic (exact) mass is 378 g/mol. The maximum Gasteiger partial charge on any atom is 0.311 e. The van der Waals surface area contributed by atoms with E-state index in [4.69, 9.17) is 8.92 Å². The van der Waals surface area contributed by atoms with Crippen molar-refractivity contribution < 1.29 is 26.5 Å². The molecule has 26 heavy (non-hydrogen) atoms. The van der Waals surface area contributed by atoms with Gasteiger partial charge in [0, 0.05) is 17.7 Å². The van der Waals surface area contributed by atoms with Gasteiger partial charge < -0.3 is 8.92 Å². The van der Waals surface area contributed by atoms with Gasteiger partial charge in [0.25, 0.3) is 0 Å². The number of hydrogen-bond donors (Lipinski definition) is 0. The summed E-state index contributed by atoms with van der Waals surface area (Å²) >= 11 is 0. The second kappa shape index (κ2) is 7.97. The molecule has 1 saturated heterocycles. The van der Waals surface area contributed by atoms with E-state index in [0.29, 0.717) is 24.2 Å². The Morgan fingerprint density at radius 1 is 1.04 bits per heavy atom. The van der Waals surface area contributed by atoms with Crippen molar-refractivity contribution in [2.75, 3.05) is 12.4 Å². The number of ether oxygens (including phenoxy) is 1. The van der Waals surface area contributed by atoms with Crippen LogP contribution in [0.5, 0.6) is 5.75 Å². The average molecular weight is 378 g/mol. The predicted molar refractivity (Wildman–Crippen MR) is 94.3 cm³/mol. The average Bonchev–Trinajstić information content (AvgIpc) is 2.62. The number of ketones is 1. The Hall–Kier alpha value is -2.25. The van der Waals surface area contributed by atoms with E-state index in [2.05, 4.69) is 0 Å². The molecule has 2 aromatic rings. The smallest absolute Gasteiger partial charge is 0.311 e. The first-order valence-electron chi connectivity index (χ1n) is 8.37. The van der Waals surface area contributed by atoms with Crippen molar-refractivity contribution in [1.29, 1.82) is 0 Å². The van der Waals surface area contributed by atoms with Crippen molar-refractivity contribution in [3.8, 4) is 5.75 Å². The van der Waals surface area contributed by atoms with E-state index < -0.39 is 15.9 Å². The SMILES string of the molecule is O=C(c1ccc(F)cc1)c1ccc(OS(=O)(=O)CC2CCCCO2)cc1. The van der Waals surface area contributed by atoms with Crippen LogP contribution in [0.4, 0.5) is 4.39 Å². The van der Waals surface area contributed by atoms with Crippen LogP contribution in [0.1, 0.15) is 35.2 Å². The highest BCUT2D eigenvalue weighted by molar-refractivity contribution is 7.87. The molecule has 1 aliphatic heterocycles. The number of halogens is 1. The van der Waals surface area contributed by atoms with Gasteiger partial charge in [-0.05, 0) is 67.8 Å². The molecule has 1 fully saturated rings. The predicted octanol–water partition coefficient (Wildman–Crippen LogP) is 3.33. The van der Waals surface area contributed by atoms with Gasteiger partial charge in [0.1, 0.15) is 17.3 Å². The van der Waals surface area contributed by atoms with Crippen LogP contribution in [-0.4, -0.2) is 32.7 Å². The summed E-state index contributed by atoms with van der Waals surface area (Å²) in [5, 5.41) is 0. The second-order valence-corrected chi connectivity index (χ2v) is 7.77. The molecule has 5 nitrogen and oxygen atoms in total. The van der Waals surface area contributed by atoms with Gasteiger partial charge in [-0.1, -0.05) is 0 Å². The van der Waals surface area contributed by atoms with Gasteiger partial charge in [0.15, 0.2) is 5.78 Å². The topological polar surface area (TPSA) is 69.7 Å². The lowest BCUT2D eigenvalue weighted by Gasteiger charge is -2.22. The summed E-state index contributed by atoms with van der Waals surface area (Å²) in [6, 6.07) is 11.0. The molecule has 1 atom stereocenters. The zero-order valence-electron chi connectivity index (χ0n) is 14.1. The third kappa shape index (κ3) is 4.89. The third-order valence-corrected chi connectivity index (χ3v) is 5.34. The van der Waals surface area contributed by atoms with E-state index in [9.17, 15) is 17.6 Å². The molecule has 0 bridgehead atoms. The van der Waals surface area contributed by atoms with Crippen molar-refractivity contribution in [1.82, 2.24) is 0 Å². The van der Waals surface area contributed by atoms with Crippen LogP contribution < -0.4 is 4.18 Å². The van der Waals surface area contributed by atoms with Gasteiger partial charge in [-0.15, -0.1) is 0 Å². The van der Waals surface area contributed by atoms with Crippen LogP contribution in [0.25, 0.3) is 0 Å². The summed E-state index contributed by atoms with van der Waals surface area (Å²) in [6.07, 6.45) is 2.25. The fraction of sp³-hybridized carbons (Fsp3) is 0.316. The summed E-state index contributed by atoms with van der Waals surface area (Å²) < 4.78 is 47.7. The number of hydrogen-bond acceptors (Lipinski definition) is 5. The standard InChI is InChI=1S/C19H19FO5S/c20-16-8-4-14(5-9-16)19(21)15-6-10-17(11-7-15)25-26(22,23)13-18-3-1-2-12-24-18/h4-11,18H,1-3,12-13H2. The van der Waals surface area contributed by atoms with Crippen LogP contribution in [-0.2, 0) is 14.9 Å². The van der Waals surface area contributed by atoms with Crippen LogP contribution in [0.15, 0.2) is 48.5 Å². The fourth-order valence-corrected chi connectivity index (χ4v) is 3.97. The van der Waals surface area contributed by atoms with E-state index in [1.54, 1.807) is 0 Å². The molecule has 0 saturated carbocycles. The molecule has 7 heteroatoms. The van der Waals surface area contributed by atoms with Crippen LogP contribution >= 0.6 is 0 Å². The molecule has 138 valence electrons. The molecule has 1 aliphatic rings. The lowest BCUT2D eigenvalue weighted by atomic mass is 10.0. The van der Waals surface area contributed by atoms with Crippen molar-refractivity contribution in [3.63, 3.8) is 0 Å². The minimum absolute atomic E-state index is 0.136. The first-order chi connectivity index (χ1) is 12.4. The van der Waals surface area contributed by atoms with Crippen LogP contribution in [0.3, 0.4) is 0 Å². The lowest BCUT2D eigenvalue weighted by Crippen LogP contribution is -2.29. The molecule has 0 radical (unpaired) electrons. The van der Waals surface area contributed by atoms with E-state index in [1.165, 1.54) is 48.5 Å². The van der Waals surface area contributed by atoms with Gasteiger partial charge in [-0.25, -0.2) is 4.39 Å². The first kappa shape index (κ1) is 18.5. The highest BCUT2D eigenvalue weighted by Crippen LogP contribution is 2.20. The van der Waals surface area contributed by atoms with Crippen molar-refractivity contribution in [2.24, 2.45) is 0 Å². The Kier molecular flexibility index (Phi) is 5.68. The van der Waals surface area contributed by atoms with Gasteiger partial charge in [-0.3, -0.25) is 4.79 Å². The quantitative estimate of drug-likeness (QED) is 0.570. The van der Waals surface area contributed by atoms with Crippen molar-refractivity contribution in [3.05, 3.63) is 65.5 Å². The molecule has 1 heterocycles. The molecule has 0 N–H and O–H groups in total. The highest BCUT2D eigenvalue weighted by Gasteiger charge is 2.23. The number of benzene rings is 2. The molecular formula is C19H19FO5S. The first-order valence-corrected chi connectivity index (χ1v) is 9.95. The Balaban J connectivity index is 1.65. The molecule has 0 spiro atoms. The Morgan fingerprint density at radius 2 is 1.65 bits per heavy atom. The molecule has 3 rings (SSSR count). The van der Waals surface area contributed by atoms with E-state index in [0.717, 1.165) is 12.8 Å². The Morgan fingerprint density at radius 3 is 2.23 bits per heavy atom. The summed E-state index contributed by atoms with van der Waals surface area (Å²) in [5.74, 6) is -0.757. The van der Waals surface area contributed by atoms with Crippen LogP contribution in [0, 0.1) is 5.82 Å². The van der Waals surface area contributed by atoms with Gasteiger partial charge >= 0.3 is 10.1 Å². The molecule has 0 aromatic heterocycles. The molecule has 0 aliphatic carbocycles. The minimum Gasteiger partial charge on any atom is -0.382 e. The maximum atomic E-state index is 12.9. The molecule has 0 amide bonds. The Labute approximate surface area is 151 Å². The third-order valence-electron chi connectivity index (χ3n) is 4.11. The Bertz CT molecular complexity index is 854. The summed E-state index contributed by atoms with van der Waals surface area (Å²) in [7, 11) is -3.78. The summed E-state index contributed by atoms with van der Waals surface area (Å²) in [5.41, 5.74) is 0.708. The zero-order valence-corrected chi connectivity index (χ0v) is 14.9. The lowest BCUT2D eigenvalue weighted by molar-refractivity contribution is 0.0298. The summed E-state index contributed by atoms with van der Waals surface area (Å²) in [4.78, 5) is 12.3. The normalized spacial score (nSPS) is 17.7. The van der Waals surface area contributed by atoms with Gasteiger partial charge in [-0.2, -0.15) is 8.42 Å². The second-order valence-electron chi connectivity index (χ2n) is 6.16. The minimum atomic E-state index is -3.78. The maximum absolute atomic E-state index is 12.9. The van der Waals surface area contributed by atoms with Gasteiger partial charge in [0.2, 0.25) is 0 Å². The number of carbonyl (C=O) groups is 1. The number of rotatable bonds is 6. The van der Waals surface area contributed by atoms with Crippen molar-refractivity contribution >= 4 is 15.9 Å². The highest BCUT2D eigenvalue weighted by atomic mass is 32.2. The summed E-state index contributed by atoms with van der Waals surface area (Å²) in [6.45, 7) is 0.570. The molecule has 1 unspecified atom stereocenters. The van der Waals surface area contributed by atoms with Gasteiger partial charge in [0.05, 0.1) is 6.10 Å². The molecule has 2 aromatic carbocycles. The van der Waals surface area contributed by atoms with Crippen molar-refractivity contribution in [2.45, 2.75) is 25.4 Å². The number of carbonyl (C=O) groups excluding carboxylic acids is 1. The zero-order chi connectivity index (χ0) is 18.6. The van der Waals surface area contributed by atoms with E-state index >= 15 is 0 Å². The van der Waals surface area contributed by atoms with Crippen LogP contribution in [0.2, 0.25) is 0 Å². The largest absolute Gasteiger partial charge is 0.382 e. The van der Waals surface area contributed by atoms with E-state index in [-0.39, 0.29) is 23.4 Å². The molecular weight excluding hydrogens is 359 g/mol.